The minimum atomic E-state index is -0.349. The van der Waals surface area contributed by atoms with Crippen molar-refractivity contribution in [2.75, 3.05) is 0 Å². The lowest BCUT2D eigenvalue weighted by molar-refractivity contribution is -0.384. The van der Waals surface area contributed by atoms with Crippen LogP contribution in [0.4, 0.5) is 5.69 Å². The van der Waals surface area contributed by atoms with Crippen LogP contribution in [0.25, 0.3) is 11.1 Å². The number of rotatable bonds is 4. The van der Waals surface area contributed by atoms with Crippen LogP contribution in [0.3, 0.4) is 0 Å². The van der Waals surface area contributed by atoms with Crippen molar-refractivity contribution >= 4 is 5.69 Å². The van der Waals surface area contributed by atoms with E-state index in [1.54, 1.807) is 0 Å². The van der Waals surface area contributed by atoms with Gasteiger partial charge in [0.25, 0.3) is 5.69 Å². The molecule has 0 saturated carbocycles. The average Bonchev–Trinajstić information content (AvgIpc) is 2.56. The van der Waals surface area contributed by atoms with Gasteiger partial charge >= 0.3 is 0 Å². The third-order valence-electron chi connectivity index (χ3n) is 3.48. The van der Waals surface area contributed by atoms with Gasteiger partial charge in [0.05, 0.1) is 16.2 Å². The largest absolute Gasteiger partial charge is 0.280 e. The summed E-state index contributed by atoms with van der Waals surface area (Å²) in [6, 6.07) is 20.7. The zero-order valence-electron chi connectivity index (χ0n) is 11.8. The Balaban J connectivity index is 2.14. The highest BCUT2D eigenvalue weighted by molar-refractivity contribution is 5.75. The number of benzene rings is 2. The van der Waals surface area contributed by atoms with Gasteiger partial charge in [-0.3, -0.25) is 15.1 Å². The Bertz CT molecular complexity index is 787. The van der Waals surface area contributed by atoms with Crippen LogP contribution >= 0.6 is 0 Å². The van der Waals surface area contributed by atoms with Gasteiger partial charge in [-0.2, -0.15) is 0 Å². The van der Waals surface area contributed by atoms with Gasteiger partial charge < -0.3 is 0 Å². The predicted octanol–water partition coefficient (Wildman–Crippen LogP) is 4.25. The lowest BCUT2D eigenvalue weighted by Crippen LogP contribution is -2.00. The molecule has 4 heteroatoms. The van der Waals surface area contributed by atoms with E-state index in [0.29, 0.717) is 17.7 Å². The van der Waals surface area contributed by atoms with Gasteiger partial charge in [0.1, 0.15) is 0 Å². The molecule has 0 aliphatic heterocycles. The maximum Gasteiger partial charge on any atom is 0.280 e. The molecule has 0 spiro atoms. The van der Waals surface area contributed by atoms with Crippen LogP contribution < -0.4 is 0 Å². The van der Waals surface area contributed by atoms with E-state index in [4.69, 9.17) is 0 Å². The van der Waals surface area contributed by atoms with Crippen molar-refractivity contribution in [2.45, 2.75) is 6.42 Å². The molecule has 0 amide bonds. The highest BCUT2D eigenvalue weighted by Crippen LogP contribution is 2.32. The van der Waals surface area contributed by atoms with Crippen LogP contribution in [0.15, 0.2) is 72.9 Å². The Labute approximate surface area is 128 Å². The van der Waals surface area contributed by atoms with Gasteiger partial charge in [-0.05, 0) is 11.1 Å². The van der Waals surface area contributed by atoms with Crippen molar-refractivity contribution in [1.82, 2.24) is 4.98 Å². The van der Waals surface area contributed by atoms with E-state index in [0.717, 1.165) is 11.1 Å². The summed E-state index contributed by atoms with van der Waals surface area (Å²) >= 11 is 0. The molecule has 0 aliphatic rings. The summed E-state index contributed by atoms with van der Waals surface area (Å²) in [6.45, 7) is 0. The molecule has 4 nitrogen and oxygen atoms in total. The molecule has 2 aromatic carbocycles. The van der Waals surface area contributed by atoms with Crippen LogP contribution in [0.2, 0.25) is 0 Å². The minimum absolute atomic E-state index is 0.0899. The Morgan fingerprint density at radius 1 is 0.909 bits per heavy atom. The Morgan fingerprint density at radius 2 is 1.55 bits per heavy atom. The SMILES string of the molecule is O=[N+]([O-])c1ccnc(Cc2ccccc2)c1-c1ccccc1. The van der Waals surface area contributed by atoms with Crippen molar-refractivity contribution in [1.29, 1.82) is 0 Å². The highest BCUT2D eigenvalue weighted by atomic mass is 16.6. The zero-order valence-corrected chi connectivity index (χ0v) is 11.8. The van der Waals surface area contributed by atoms with Gasteiger partial charge in [0, 0.05) is 18.7 Å². The summed E-state index contributed by atoms with van der Waals surface area (Å²) in [5, 5.41) is 11.4. The van der Waals surface area contributed by atoms with Crippen LogP contribution in [0.1, 0.15) is 11.3 Å². The van der Waals surface area contributed by atoms with E-state index in [9.17, 15) is 10.1 Å². The summed E-state index contributed by atoms with van der Waals surface area (Å²) < 4.78 is 0. The molecule has 1 heterocycles. The molecule has 0 unspecified atom stereocenters. The molecule has 0 radical (unpaired) electrons. The van der Waals surface area contributed by atoms with E-state index in [1.807, 2.05) is 60.7 Å². The van der Waals surface area contributed by atoms with E-state index in [-0.39, 0.29) is 10.6 Å². The minimum Gasteiger partial charge on any atom is -0.260 e. The molecule has 1 aromatic heterocycles. The van der Waals surface area contributed by atoms with E-state index in [2.05, 4.69) is 4.98 Å². The molecule has 0 saturated heterocycles. The van der Waals surface area contributed by atoms with Gasteiger partial charge in [0.2, 0.25) is 0 Å². The maximum absolute atomic E-state index is 11.4. The van der Waals surface area contributed by atoms with Gasteiger partial charge in [0.15, 0.2) is 0 Å². The number of hydrogen-bond donors (Lipinski definition) is 0. The van der Waals surface area contributed by atoms with Gasteiger partial charge in [-0.15, -0.1) is 0 Å². The van der Waals surface area contributed by atoms with Gasteiger partial charge in [-0.1, -0.05) is 60.7 Å². The third-order valence-corrected chi connectivity index (χ3v) is 3.48. The summed E-state index contributed by atoms with van der Waals surface area (Å²) in [5.74, 6) is 0. The molecule has 0 aliphatic carbocycles. The molecule has 22 heavy (non-hydrogen) atoms. The van der Waals surface area contributed by atoms with Crippen molar-refractivity contribution in [3.05, 3.63) is 94.3 Å². The van der Waals surface area contributed by atoms with Crippen LogP contribution in [-0.2, 0) is 6.42 Å². The summed E-state index contributed by atoms with van der Waals surface area (Å²) in [5.41, 5.74) is 3.29. The first-order valence-electron chi connectivity index (χ1n) is 6.97. The van der Waals surface area contributed by atoms with E-state index >= 15 is 0 Å². The predicted molar refractivity (Wildman–Crippen MR) is 85.6 cm³/mol. The second-order valence-corrected chi connectivity index (χ2v) is 4.94. The monoisotopic (exact) mass is 290 g/mol. The highest BCUT2D eigenvalue weighted by Gasteiger charge is 2.20. The summed E-state index contributed by atoms with van der Waals surface area (Å²) in [6.07, 6.45) is 2.07. The second-order valence-electron chi connectivity index (χ2n) is 4.94. The molecule has 0 bridgehead atoms. The molecule has 0 fully saturated rings. The Hall–Kier alpha value is -3.01. The normalized spacial score (nSPS) is 10.4. The standard InChI is InChI=1S/C18H14N2O2/c21-20(22)17-11-12-19-16(13-14-7-3-1-4-8-14)18(17)15-9-5-2-6-10-15/h1-12H,13H2. The van der Waals surface area contributed by atoms with Crippen LogP contribution in [-0.4, -0.2) is 9.91 Å². The first kappa shape index (κ1) is 13.9. The van der Waals surface area contributed by atoms with Crippen molar-refractivity contribution < 1.29 is 4.92 Å². The number of hydrogen-bond acceptors (Lipinski definition) is 3. The lowest BCUT2D eigenvalue weighted by Gasteiger charge is -2.09. The second kappa shape index (κ2) is 6.18. The number of nitrogens with zero attached hydrogens (tertiary/aromatic N) is 2. The Kier molecular flexibility index (Phi) is 3.92. The quantitative estimate of drug-likeness (QED) is 0.533. The topological polar surface area (TPSA) is 56.0 Å². The fourth-order valence-electron chi connectivity index (χ4n) is 2.49. The first-order valence-corrected chi connectivity index (χ1v) is 6.97. The van der Waals surface area contributed by atoms with Crippen molar-refractivity contribution in [3.8, 4) is 11.1 Å². The van der Waals surface area contributed by atoms with Crippen LogP contribution in [0.5, 0.6) is 0 Å². The number of pyridine rings is 1. The number of nitro groups is 1. The molecule has 3 aromatic rings. The van der Waals surface area contributed by atoms with Crippen molar-refractivity contribution in [2.24, 2.45) is 0 Å². The molecular weight excluding hydrogens is 276 g/mol. The first-order chi connectivity index (χ1) is 10.8. The summed E-state index contributed by atoms with van der Waals surface area (Å²) in [7, 11) is 0. The third kappa shape index (κ3) is 2.86. The number of aromatic nitrogens is 1. The van der Waals surface area contributed by atoms with Gasteiger partial charge in [-0.25, -0.2) is 0 Å². The average molecular weight is 290 g/mol. The molecule has 0 atom stereocenters. The molecule has 3 rings (SSSR count). The Morgan fingerprint density at radius 3 is 2.18 bits per heavy atom. The fraction of sp³-hybridized carbons (Fsp3) is 0.0556. The smallest absolute Gasteiger partial charge is 0.260 e. The van der Waals surface area contributed by atoms with Crippen LogP contribution in [0, 0.1) is 10.1 Å². The fourth-order valence-corrected chi connectivity index (χ4v) is 2.49. The maximum atomic E-state index is 11.4. The molecule has 0 N–H and O–H groups in total. The summed E-state index contributed by atoms with van der Waals surface area (Å²) in [4.78, 5) is 15.4. The van der Waals surface area contributed by atoms with E-state index < -0.39 is 0 Å². The zero-order chi connectivity index (χ0) is 15.4. The van der Waals surface area contributed by atoms with E-state index in [1.165, 1.54) is 12.3 Å². The lowest BCUT2D eigenvalue weighted by atomic mass is 9.98. The molecule has 108 valence electrons. The molecular formula is C18H14N2O2. The van der Waals surface area contributed by atoms with Crippen molar-refractivity contribution in [3.63, 3.8) is 0 Å².